The number of aryl methyl sites for hydroxylation is 1. The number of amides is 1. The third-order valence-electron chi connectivity index (χ3n) is 6.51. The van der Waals surface area contributed by atoms with Crippen LogP contribution in [0.25, 0.3) is 0 Å². The predicted molar refractivity (Wildman–Crippen MR) is 132 cm³/mol. The zero-order valence-corrected chi connectivity index (χ0v) is 21.1. The molecule has 0 aliphatic carbocycles. The Bertz CT molecular complexity index is 1090. The highest BCUT2D eigenvalue weighted by Crippen LogP contribution is 2.23. The first-order valence-corrected chi connectivity index (χ1v) is 13.5. The number of ether oxygens (including phenoxy) is 1. The molecule has 0 bridgehead atoms. The smallest absolute Gasteiger partial charge is 0.253 e. The lowest BCUT2D eigenvalue weighted by Crippen LogP contribution is -2.48. The topological polar surface area (TPSA) is 70.2 Å². The zero-order chi connectivity index (χ0) is 24.3. The first-order chi connectivity index (χ1) is 16.2. The van der Waals surface area contributed by atoms with E-state index in [0.717, 1.165) is 26.1 Å². The molecule has 184 valence electrons. The Hall–Kier alpha value is -2.26. The number of benzene rings is 2. The maximum Gasteiger partial charge on any atom is 0.253 e. The Morgan fingerprint density at radius 2 is 1.68 bits per heavy atom. The molecule has 2 unspecified atom stereocenters. The Balaban J connectivity index is 1.43. The second-order valence-corrected chi connectivity index (χ2v) is 11.5. The first kappa shape index (κ1) is 24.9. The largest absolute Gasteiger partial charge is 0.373 e. The molecule has 34 heavy (non-hydrogen) atoms. The summed E-state index contributed by atoms with van der Waals surface area (Å²) in [4.78, 5) is 17.7. The lowest BCUT2D eigenvalue weighted by atomic mass is 10.1. The first-order valence-electron chi connectivity index (χ1n) is 12.1. The van der Waals surface area contributed by atoms with Gasteiger partial charge in [0.1, 0.15) is 0 Å². The zero-order valence-electron chi connectivity index (χ0n) is 20.3. The molecular weight excluding hydrogens is 450 g/mol. The summed E-state index contributed by atoms with van der Waals surface area (Å²) < 4.78 is 33.7. The summed E-state index contributed by atoms with van der Waals surface area (Å²) >= 11 is 0. The summed E-state index contributed by atoms with van der Waals surface area (Å²) in [5.41, 5.74) is 2.94. The van der Waals surface area contributed by atoms with E-state index in [1.54, 1.807) is 18.2 Å². The van der Waals surface area contributed by atoms with Gasteiger partial charge < -0.3 is 9.64 Å². The molecule has 2 aromatic rings. The number of morpholine rings is 1. The fourth-order valence-electron chi connectivity index (χ4n) is 4.73. The van der Waals surface area contributed by atoms with Crippen molar-refractivity contribution in [3.8, 4) is 0 Å². The molecule has 2 aromatic carbocycles. The average molecular weight is 486 g/mol. The van der Waals surface area contributed by atoms with Crippen LogP contribution in [0.2, 0.25) is 0 Å². The van der Waals surface area contributed by atoms with Crippen LogP contribution in [0.5, 0.6) is 0 Å². The van der Waals surface area contributed by atoms with Crippen molar-refractivity contribution >= 4 is 15.9 Å². The minimum atomic E-state index is -3.69. The Labute approximate surface area is 203 Å². The predicted octanol–water partition coefficient (Wildman–Crippen LogP) is 3.14. The van der Waals surface area contributed by atoms with Crippen LogP contribution in [0.3, 0.4) is 0 Å². The van der Waals surface area contributed by atoms with Crippen LogP contribution < -0.4 is 0 Å². The molecule has 2 aliphatic rings. The highest BCUT2D eigenvalue weighted by molar-refractivity contribution is 7.89. The maximum atomic E-state index is 13.3. The monoisotopic (exact) mass is 485 g/mol. The highest BCUT2D eigenvalue weighted by Gasteiger charge is 2.32. The van der Waals surface area contributed by atoms with E-state index in [1.807, 2.05) is 18.7 Å². The van der Waals surface area contributed by atoms with Gasteiger partial charge >= 0.3 is 0 Å². The van der Waals surface area contributed by atoms with Gasteiger partial charge in [0.25, 0.3) is 5.91 Å². The molecule has 0 radical (unpaired) electrons. The van der Waals surface area contributed by atoms with Crippen LogP contribution >= 0.6 is 0 Å². The van der Waals surface area contributed by atoms with E-state index < -0.39 is 10.0 Å². The second-order valence-electron chi connectivity index (χ2n) is 9.51. The number of hydrogen-bond acceptors (Lipinski definition) is 5. The Kier molecular flexibility index (Phi) is 7.72. The molecule has 2 atom stereocenters. The summed E-state index contributed by atoms with van der Waals surface area (Å²) in [5.74, 6) is -0.113. The molecule has 2 saturated heterocycles. The van der Waals surface area contributed by atoms with Crippen LogP contribution in [-0.2, 0) is 21.3 Å². The van der Waals surface area contributed by atoms with E-state index in [-0.39, 0.29) is 23.0 Å². The summed E-state index contributed by atoms with van der Waals surface area (Å²) in [6, 6.07) is 15.0. The maximum absolute atomic E-state index is 13.3. The molecule has 0 aromatic heterocycles. The standard InChI is InChI=1S/C26H35N3O4S/c1-20-8-10-23(11-9-20)19-27-12-5-13-28(15-14-27)26(30)24-6-4-7-25(16-24)34(31,32)29-17-21(2)33-22(3)18-29/h4,6-11,16,21-22H,5,12-15,17-19H2,1-3H3. The molecule has 7 nitrogen and oxygen atoms in total. The van der Waals surface area contributed by atoms with Gasteiger partial charge in [0.2, 0.25) is 10.0 Å². The van der Waals surface area contributed by atoms with Crippen LogP contribution in [0, 0.1) is 6.92 Å². The summed E-state index contributed by atoms with van der Waals surface area (Å²) in [6.45, 7) is 10.3. The molecule has 8 heteroatoms. The summed E-state index contributed by atoms with van der Waals surface area (Å²) in [5, 5.41) is 0. The van der Waals surface area contributed by atoms with Crippen LogP contribution in [0.4, 0.5) is 0 Å². The second kappa shape index (κ2) is 10.6. The van der Waals surface area contributed by atoms with Gasteiger partial charge in [-0.3, -0.25) is 9.69 Å². The van der Waals surface area contributed by atoms with E-state index in [0.29, 0.717) is 31.7 Å². The van der Waals surface area contributed by atoms with Crippen molar-refractivity contribution in [2.75, 3.05) is 39.3 Å². The molecule has 0 spiro atoms. The minimum Gasteiger partial charge on any atom is -0.373 e. The van der Waals surface area contributed by atoms with Gasteiger partial charge in [0.15, 0.2) is 0 Å². The van der Waals surface area contributed by atoms with Crippen molar-refractivity contribution in [1.29, 1.82) is 0 Å². The Morgan fingerprint density at radius 1 is 0.971 bits per heavy atom. The van der Waals surface area contributed by atoms with E-state index in [1.165, 1.54) is 21.5 Å². The average Bonchev–Trinajstić information content (AvgIpc) is 3.05. The van der Waals surface area contributed by atoms with Crippen LogP contribution in [-0.4, -0.2) is 79.9 Å². The summed E-state index contributed by atoms with van der Waals surface area (Å²) in [7, 11) is -3.69. The highest BCUT2D eigenvalue weighted by atomic mass is 32.2. The molecule has 2 fully saturated rings. The molecule has 2 aliphatic heterocycles. The van der Waals surface area contributed by atoms with Crippen molar-refractivity contribution in [2.24, 2.45) is 0 Å². The molecule has 0 N–H and O–H groups in total. The Morgan fingerprint density at radius 3 is 2.38 bits per heavy atom. The van der Waals surface area contributed by atoms with Gasteiger partial charge in [-0.1, -0.05) is 35.9 Å². The normalized spacial score (nSPS) is 23.0. The van der Waals surface area contributed by atoms with E-state index in [9.17, 15) is 13.2 Å². The van der Waals surface area contributed by atoms with Crippen molar-refractivity contribution in [2.45, 2.75) is 50.8 Å². The van der Waals surface area contributed by atoms with Crippen molar-refractivity contribution in [3.63, 3.8) is 0 Å². The number of nitrogens with zero attached hydrogens (tertiary/aromatic N) is 3. The third-order valence-corrected chi connectivity index (χ3v) is 8.34. The fraction of sp³-hybridized carbons (Fsp3) is 0.500. The van der Waals surface area contributed by atoms with Crippen molar-refractivity contribution in [3.05, 3.63) is 65.2 Å². The molecule has 4 rings (SSSR count). The quantitative estimate of drug-likeness (QED) is 0.651. The number of hydrogen-bond donors (Lipinski definition) is 0. The van der Waals surface area contributed by atoms with Gasteiger partial charge in [-0.15, -0.1) is 0 Å². The van der Waals surface area contributed by atoms with E-state index in [4.69, 9.17) is 4.74 Å². The molecule has 0 saturated carbocycles. The number of sulfonamides is 1. The van der Waals surface area contributed by atoms with Crippen molar-refractivity contribution < 1.29 is 17.9 Å². The number of carbonyl (C=O) groups is 1. The van der Waals surface area contributed by atoms with Crippen molar-refractivity contribution in [1.82, 2.24) is 14.1 Å². The summed E-state index contributed by atoms with van der Waals surface area (Å²) in [6.07, 6.45) is 0.561. The lowest BCUT2D eigenvalue weighted by molar-refractivity contribution is -0.0440. The minimum absolute atomic E-state index is 0.113. The number of carbonyl (C=O) groups excluding carboxylic acids is 1. The van der Waals surface area contributed by atoms with Gasteiger partial charge in [-0.25, -0.2) is 8.42 Å². The van der Waals surface area contributed by atoms with Crippen LogP contribution in [0.15, 0.2) is 53.4 Å². The van der Waals surface area contributed by atoms with E-state index >= 15 is 0 Å². The van der Waals surface area contributed by atoms with Gasteiger partial charge in [-0.2, -0.15) is 4.31 Å². The van der Waals surface area contributed by atoms with Gasteiger partial charge in [-0.05, 0) is 51.0 Å². The molecule has 1 amide bonds. The van der Waals surface area contributed by atoms with Gasteiger partial charge in [0.05, 0.1) is 17.1 Å². The van der Waals surface area contributed by atoms with Crippen LogP contribution in [0.1, 0.15) is 41.8 Å². The van der Waals surface area contributed by atoms with E-state index in [2.05, 4.69) is 36.1 Å². The fourth-order valence-corrected chi connectivity index (χ4v) is 6.37. The lowest BCUT2D eigenvalue weighted by Gasteiger charge is -2.34. The number of rotatable bonds is 5. The molecular formula is C26H35N3O4S. The molecule has 2 heterocycles. The third kappa shape index (κ3) is 5.86. The van der Waals surface area contributed by atoms with Gasteiger partial charge in [0, 0.05) is 51.4 Å². The SMILES string of the molecule is Cc1ccc(CN2CCCN(C(=O)c3cccc(S(=O)(=O)N4CC(C)OC(C)C4)c3)CC2)cc1.